The Labute approximate surface area is 192 Å². The van der Waals surface area contributed by atoms with Crippen LogP contribution >= 0.6 is 0 Å². The standard InChI is InChI=1S/C25H28N2O6/c1-25(2,23(29)30)27(3)22(28)21-20(12-13-32-21)26-24(31)33-14-19-17-10-6-4-8-15(17)16-9-5-7-11-18(16)19/h4-11,19-21H,12-14H2,1-3H3,(H,26,31)(H,29,30)/t20-,21+/m0/s1. The average molecular weight is 453 g/mol. The zero-order valence-corrected chi connectivity index (χ0v) is 18.9. The lowest BCUT2D eigenvalue weighted by molar-refractivity contribution is -0.159. The predicted octanol–water partition coefficient (Wildman–Crippen LogP) is 3.00. The quantitative estimate of drug-likeness (QED) is 0.698. The van der Waals surface area contributed by atoms with Crippen LogP contribution < -0.4 is 5.32 Å². The van der Waals surface area contributed by atoms with E-state index in [1.807, 2.05) is 36.4 Å². The van der Waals surface area contributed by atoms with E-state index in [4.69, 9.17) is 9.47 Å². The second-order valence-corrected chi connectivity index (χ2v) is 8.92. The maximum Gasteiger partial charge on any atom is 0.407 e. The fourth-order valence-electron chi connectivity index (χ4n) is 4.38. The topological polar surface area (TPSA) is 105 Å². The van der Waals surface area contributed by atoms with Gasteiger partial charge >= 0.3 is 12.1 Å². The molecule has 2 atom stereocenters. The molecule has 1 fully saturated rings. The second kappa shape index (κ2) is 8.86. The van der Waals surface area contributed by atoms with Gasteiger partial charge in [0, 0.05) is 19.6 Å². The molecule has 2 amide bonds. The monoisotopic (exact) mass is 452 g/mol. The van der Waals surface area contributed by atoms with Gasteiger partial charge in [0.2, 0.25) is 0 Å². The van der Waals surface area contributed by atoms with Gasteiger partial charge in [0.1, 0.15) is 12.1 Å². The molecule has 1 heterocycles. The third kappa shape index (κ3) is 4.18. The Morgan fingerprint density at radius 2 is 1.67 bits per heavy atom. The summed E-state index contributed by atoms with van der Waals surface area (Å²) in [7, 11) is 1.42. The number of rotatable bonds is 6. The summed E-state index contributed by atoms with van der Waals surface area (Å²) < 4.78 is 11.1. The van der Waals surface area contributed by atoms with Crippen molar-refractivity contribution in [2.45, 2.75) is 43.9 Å². The highest BCUT2D eigenvalue weighted by molar-refractivity contribution is 5.89. The number of hydrogen-bond acceptors (Lipinski definition) is 5. The number of aliphatic carboxylic acids is 1. The zero-order chi connectivity index (χ0) is 23.8. The lowest BCUT2D eigenvalue weighted by Crippen LogP contribution is -2.57. The summed E-state index contributed by atoms with van der Waals surface area (Å²) in [6.07, 6.45) is -1.17. The number of carboxylic acid groups (broad SMARTS) is 1. The van der Waals surface area contributed by atoms with Crippen LogP contribution in [0.3, 0.4) is 0 Å². The van der Waals surface area contributed by atoms with Gasteiger partial charge < -0.3 is 24.8 Å². The SMILES string of the molecule is CN(C(=O)[C@@H]1OCC[C@@H]1NC(=O)OCC1c2ccccc2-c2ccccc21)C(C)(C)C(=O)O. The number of nitrogens with one attached hydrogen (secondary N) is 1. The molecule has 0 bridgehead atoms. The first kappa shape index (κ1) is 22.8. The maximum atomic E-state index is 12.9. The summed E-state index contributed by atoms with van der Waals surface area (Å²) in [6.45, 7) is 3.33. The number of carbonyl (C=O) groups is 3. The summed E-state index contributed by atoms with van der Waals surface area (Å²) in [6, 6.07) is 15.5. The third-order valence-corrected chi connectivity index (χ3v) is 6.67. The molecule has 2 aliphatic rings. The van der Waals surface area contributed by atoms with E-state index in [9.17, 15) is 19.5 Å². The van der Waals surface area contributed by atoms with Gasteiger partial charge in [-0.25, -0.2) is 9.59 Å². The minimum atomic E-state index is -1.41. The second-order valence-electron chi connectivity index (χ2n) is 8.92. The molecular weight excluding hydrogens is 424 g/mol. The Kier molecular flexibility index (Phi) is 6.12. The van der Waals surface area contributed by atoms with Crippen molar-refractivity contribution in [2.75, 3.05) is 20.3 Å². The summed E-state index contributed by atoms with van der Waals surface area (Å²) in [5.41, 5.74) is 3.10. The van der Waals surface area contributed by atoms with E-state index >= 15 is 0 Å². The number of carbonyl (C=O) groups excluding carboxylic acids is 2. The summed E-state index contributed by atoms with van der Waals surface area (Å²) >= 11 is 0. The number of likely N-dealkylation sites (N-methyl/N-ethyl adjacent to an activating group) is 1. The van der Waals surface area contributed by atoms with Crippen LogP contribution in [0.2, 0.25) is 0 Å². The minimum absolute atomic E-state index is 0.0668. The average Bonchev–Trinajstić information content (AvgIpc) is 3.39. The third-order valence-electron chi connectivity index (χ3n) is 6.67. The Hall–Kier alpha value is -3.39. The molecule has 174 valence electrons. The van der Waals surface area contributed by atoms with E-state index in [-0.39, 0.29) is 19.1 Å². The van der Waals surface area contributed by atoms with Crippen LogP contribution in [0.5, 0.6) is 0 Å². The van der Waals surface area contributed by atoms with E-state index in [1.54, 1.807) is 0 Å². The molecule has 4 rings (SSSR count). The molecule has 33 heavy (non-hydrogen) atoms. The van der Waals surface area contributed by atoms with Crippen molar-refractivity contribution in [1.29, 1.82) is 0 Å². The Morgan fingerprint density at radius 3 is 2.24 bits per heavy atom. The van der Waals surface area contributed by atoms with Crippen molar-refractivity contribution in [3.8, 4) is 11.1 Å². The number of ether oxygens (including phenoxy) is 2. The lowest BCUT2D eigenvalue weighted by atomic mass is 9.98. The van der Waals surface area contributed by atoms with E-state index in [0.29, 0.717) is 6.42 Å². The summed E-state index contributed by atoms with van der Waals surface area (Å²) in [5, 5.41) is 12.1. The summed E-state index contributed by atoms with van der Waals surface area (Å²) in [4.78, 5) is 38.1. The van der Waals surface area contributed by atoms with E-state index in [0.717, 1.165) is 27.2 Å². The molecule has 1 aliphatic heterocycles. The number of carboxylic acids is 1. The normalized spacial score (nSPS) is 19.5. The number of hydrogen-bond donors (Lipinski definition) is 2. The van der Waals surface area contributed by atoms with Crippen LogP contribution in [0, 0.1) is 0 Å². The van der Waals surface area contributed by atoms with Crippen molar-refractivity contribution in [2.24, 2.45) is 0 Å². The Bertz CT molecular complexity index is 1040. The number of alkyl carbamates (subject to hydrolysis) is 1. The molecule has 0 saturated carbocycles. The van der Waals surface area contributed by atoms with Gasteiger partial charge in [0.05, 0.1) is 6.04 Å². The van der Waals surface area contributed by atoms with Gasteiger partial charge in [-0.1, -0.05) is 48.5 Å². The fraction of sp³-hybridized carbons (Fsp3) is 0.400. The molecule has 1 saturated heterocycles. The first-order chi connectivity index (χ1) is 15.7. The van der Waals surface area contributed by atoms with Crippen LogP contribution in [-0.2, 0) is 19.1 Å². The first-order valence-corrected chi connectivity index (χ1v) is 11.0. The van der Waals surface area contributed by atoms with Gasteiger partial charge in [-0.05, 0) is 42.5 Å². The van der Waals surface area contributed by atoms with Crippen LogP contribution in [0.1, 0.15) is 37.3 Å². The van der Waals surface area contributed by atoms with Gasteiger partial charge in [0.25, 0.3) is 5.91 Å². The molecule has 1 aliphatic carbocycles. The largest absolute Gasteiger partial charge is 0.480 e. The minimum Gasteiger partial charge on any atom is -0.480 e. The smallest absolute Gasteiger partial charge is 0.407 e. The number of benzene rings is 2. The highest BCUT2D eigenvalue weighted by Gasteiger charge is 2.43. The zero-order valence-electron chi connectivity index (χ0n) is 18.9. The maximum absolute atomic E-state index is 12.9. The molecule has 0 aromatic heterocycles. The highest BCUT2D eigenvalue weighted by Crippen LogP contribution is 2.44. The van der Waals surface area contributed by atoms with Crippen molar-refractivity contribution in [3.63, 3.8) is 0 Å². The van der Waals surface area contributed by atoms with Crippen molar-refractivity contribution >= 4 is 18.0 Å². The molecule has 2 N–H and O–H groups in total. The van der Waals surface area contributed by atoms with E-state index < -0.39 is 35.7 Å². The Balaban J connectivity index is 1.40. The number of fused-ring (bicyclic) bond motifs is 3. The Morgan fingerprint density at radius 1 is 1.09 bits per heavy atom. The van der Waals surface area contributed by atoms with E-state index in [2.05, 4.69) is 17.4 Å². The van der Waals surface area contributed by atoms with Crippen molar-refractivity contribution in [3.05, 3.63) is 59.7 Å². The van der Waals surface area contributed by atoms with Crippen LogP contribution in [0.15, 0.2) is 48.5 Å². The summed E-state index contributed by atoms with van der Waals surface area (Å²) in [5.74, 6) is -1.69. The molecule has 0 spiro atoms. The van der Waals surface area contributed by atoms with Gasteiger partial charge in [-0.3, -0.25) is 4.79 Å². The van der Waals surface area contributed by atoms with Crippen LogP contribution in [0.25, 0.3) is 11.1 Å². The number of amides is 2. The molecule has 8 heteroatoms. The molecule has 0 radical (unpaired) electrons. The van der Waals surface area contributed by atoms with Gasteiger partial charge in [0.15, 0.2) is 6.10 Å². The highest BCUT2D eigenvalue weighted by atomic mass is 16.6. The molecule has 0 unspecified atom stereocenters. The van der Waals surface area contributed by atoms with Gasteiger partial charge in [-0.15, -0.1) is 0 Å². The number of nitrogens with zero attached hydrogens (tertiary/aromatic N) is 1. The van der Waals surface area contributed by atoms with Crippen molar-refractivity contribution < 1.29 is 29.0 Å². The molecular formula is C25H28N2O6. The predicted molar refractivity (Wildman–Crippen MR) is 121 cm³/mol. The first-order valence-electron chi connectivity index (χ1n) is 11.0. The molecule has 2 aromatic carbocycles. The molecule has 8 nitrogen and oxygen atoms in total. The van der Waals surface area contributed by atoms with Crippen LogP contribution in [-0.4, -0.2) is 65.9 Å². The van der Waals surface area contributed by atoms with Crippen LogP contribution in [0.4, 0.5) is 4.79 Å². The fourth-order valence-corrected chi connectivity index (χ4v) is 4.38. The van der Waals surface area contributed by atoms with E-state index in [1.165, 1.54) is 20.9 Å². The molecule has 2 aromatic rings. The lowest BCUT2D eigenvalue weighted by Gasteiger charge is -2.34. The van der Waals surface area contributed by atoms with Gasteiger partial charge in [-0.2, -0.15) is 0 Å². The van der Waals surface area contributed by atoms with Crippen molar-refractivity contribution in [1.82, 2.24) is 10.2 Å².